The molecule has 0 aliphatic carbocycles. The van der Waals surface area contributed by atoms with Gasteiger partial charge in [-0.2, -0.15) is 24.4 Å². The summed E-state index contributed by atoms with van der Waals surface area (Å²) in [5.74, 6) is 2.84. The Morgan fingerprint density at radius 1 is 1.33 bits per heavy atom. The average molecular weight is 249 g/mol. The fourth-order valence-electron chi connectivity index (χ4n) is 1.50. The van der Waals surface area contributed by atoms with Gasteiger partial charge in [-0.3, -0.25) is 0 Å². The largest absolute Gasteiger partial charge is 0.303 e. The van der Waals surface area contributed by atoms with E-state index < -0.39 is 0 Å². The van der Waals surface area contributed by atoms with Crippen molar-refractivity contribution in [1.29, 1.82) is 0 Å². The Labute approximate surface area is 106 Å². The third-order valence-corrected chi connectivity index (χ3v) is 4.37. The second-order valence-electron chi connectivity index (χ2n) is 5.49. The molecule has 0 N–H and O–H groups in total. The van der Waals surface area contributed by atoms with Crippen molar-refractivity contribution in [3.05, 3.63) is 0 Å². The van der Waals surface area contributed by atoms with E-state index in [2.05, 4.69) is 58.5 Å². The molecule has 0 radical (unpaired) electrons. The van der Waals surface area contributed by atoms with Gasteiger partial charge in [-0.15, -0.1) is 0 Å². The molecule has 3 heteroatoms. The van der Waals surface area contributed by atoms with Crippen LogP contribution < -0.4 is 0 Å². The molecule has 0 aromatic heterocycles. The second kappa shape index (κ2) is 7.08. The first-order chi connectivity index (χ1) is 6.82. The summed E-state index contributed by atoms with van der Waals surface area (Å²) in [4.78, 5) is 2.46. The van der Waals surface area contributed by atoms with Gasteiger partial charge >= 0.3 is 0 Å². The number of hydrogen-bond donors (Lipinski definition) is 1. The minimum absolute atomic E-state index is 0.356. The van der Waals surface area contributed by atoms with Gasteiger partial charge in [0, 0.05) is 18.3 Å². The summed E-state index contributed by atoms with van der Waals surface area (Å²) in [6.07, 6.45) is 2.17. The number of thioether (sulfide) groups is 1. The summed E-state index contributed by atoms with van der Waals surface area (Å²) in [7, 11) is 2.23. The number of thiol groups is 1. The number of hydrogen-bond acceptors (Lipinski definition) is 3. The van der Waals surface area contributed by atoms with Gasteiger partial charge < -0.3 is 4.90 Å². The topological polar surface area (TPSA) is 3.24 Å². The molecular formula is C12H27NS2. The molecule has 0 saturated heterocycles. The van der Waals surface area contributed by atoms with Crippen molar-refractivity contribution < 1.29 is 0 Å². The van der Waals surface area contributed by atoms with E-state index in [4.69, 9.17) is 0 Å². The van der Waals surface area contributed by atoms with Crippen LogP contribution in [-0.4, -0.2) is 42.3 Å². The predicted octanol–water partition coefficient (Wildman–Crippen LogP) is 3.26. The van der Waals surface area contributed by atoms with Crippen LogP contribution in [0.1, 0.15) is 27.7 Å². The van der Waals surface area contributed by atoms with Crippen LogP contribution in [0.25, 0.3) is 0 Å². The maximum Gasteiger partial charge on any atom is 0.0155 e. The Morgan fingerprint density at radius 2 is 1.87 bits per heavy atom. The fraction of sp³-hybridized carbons (Fsp3) is 1.00. The highest BCUT2D eigenvalue weighted by Crippen LogP contribution is 2.27. The molecule has 2 atom stereocenters. The van der Waals surface area contributed by atoms with E-state index in [-0.39, 0.29) is 0 Å². The first kappa shape index (κ1) is 15.7. The molecule has 0 aliphatic heterocycles. The van der Waals surface area contributed by atoms with Gasteiger partial charge in [0.15, 0.2) is 0 Å². The van der Waals surface area contributed by atoms with E-state index in [0.29, 0.717) is 17.4 Å². The van der Waals surface area contributed by atoms with Gasteiger partial charge in [0.05, 0.1) is 0 Å². The lowest BCUT2D eigenvalue weighted by molar-refractivity contribution is 0.166. The predicted molar refractivity (Wildman–Crippen MR) is 77.3 cm³/mol. The molecule has 15 heavy (non-hydrogen) atoms. The molecule has 0 aromatic carbocycles. The van der Waals surface area contributed by atoms with Crippen LogP contribution in [0.5, 0.6) is 0 Å². The minimum atomic E-state index is 0.356. The molecule has 0 bridgehead atoms. The first-order valence-electron chi connectivity index (χ1n) is 5.63. The maximum absolute atomic E-state index is 4.47. The van der Waals surface area contributed by atoms with Gasteiger partial charge in [0.2, 0.25) is 0 Å². The summed E-state index contributed by atoms with van der Waals surface area (Å²) < 4.78 is 0. The summed E-state index contributed by atoms with van der Waals surface area (Å²) in [6, 6.07) is 0.657. The Bertz CT molecular complexity index is 165. The fourth-order valence-corrected chi connectivity index (χ4v) is 2.90. The first-order valence-corrected chi connectivity index (χ1v) is 7.65. The zero-order chi connectivity index (χ0) is 12.1. The average Bonchev–Trinajstić information content (AvgIpc) is 2.12. The standard InChI is InChI=1S/C12H27NS2/c1-10(9-15-6)13(5)7-11(8-14)12(2,3)4/h10-11,14H,7-9H2,1-6H3. The van der Waals surface area contributed by atoms with E-state index in [0.717, 1.165) is 12.3 Å². The van der Waals surface area contributed by atoms with Crippen LogP contribution in [0.4, 0.5) is 0 Å². The third kappa shape index (κ3) is 6.08. The molecule has 1 nitrogen and oxygen atoms in total. The smallest absolute Gasteiger partial charge is 0.0155 e. The molecular weight excluding hydrogens is 222 g/mol. The molecule has 0 spiro atoms. The lowest BCUT2D eigenvalue weighted by Gasteiger charge is -2.35. The van der Waals surface area contributed by atoms with Gasteiger partial charge in [-0.05, 0) is 37.3 Å². The highest BCUT2D eigenvalue weighted by Gasteiger charge is 2.25. The zero-order valence-corrected chi connectivity index (χ0v) is 12.8. The Kier molecular flexibility index (Phi) is 7.39. The third-order valence-electron chi connectivity index (χ3n) is 3.11. The van der Waals surface area contributed by atoms with E-state index in [9.17, 15) is 0 Å². The molecule has 0 heterocycles. The van der Waals surface area contributed by atoms with Crippen LogP contribution in [0.15, 0.2) is 0 Å². The van der Waals surface area contributed by atoms with Crippen LogP contribution in [0.2, 0.25) is 0 Å². The van der Waals surface area contributed by atoms with E-state index in [1.54, 1.807) is 0 Å². The second-order valence-corrected chi connectivity index (χ2v) is 6.77. The van der Waals surface area contributed by atoms with Crippen molar-refractivity contribution in [2.24, 2.45) is 11.3 Å². The summed E-state index contributed by atoms with van der Waals surface area (Å²) in [5.41, 5.74) is 0.356. The van der Waals surface area contributed by atoms with Crippen molar-refractivity contribution in [3.8, 4) is 0 Å². The monoisotopic (exact) mass is 249 g/mol. The van der Waals surface area contributed by atoms with E-state index in [1.165, 1.54) is 5.75 Å². The normalized spacial score (nSPS) is 16.8. The van der Waals surface area contributed by atoms with Crippen molar-refractivity contribution in [1.82, 2.24) is 4.90 Å². The van der Waals surface area contributed by atoms with Gasteiger partial charge in [0.1, 0.15) is 0 Å². The summed E-state index contributed by atoms with van der Waals surface area (Å²) in [6.45, 7) is 10.4. The Balaban J connectivity index is 4.18. The van der Waals surface area contributed by atoms with Crippen molar-refractivity contribution >= 4 is 24.4 Å². The lowest BCUT2D eigenvalue weighted by Crippen LogP contribution is -2.39. The molecule has 2 unspecified atom stereocenters. The van der Waals surface area contributed by atoms with Gasteiger partial charge in [-0.25, -0.2) is 0 Å². The molecule has 92 valence electrons. The SMILES string of the molecule is CSCC(C)N(C)CC(CS)C(C)(C)C. The molecule has 0 amide bonds. The Hall–Kier alpha value is 0.660. The number of nitrogens with zero attached hydrogens (tertiary/aromatic N) is 1. The number of rotatable bonds is 6. The summed E-state index contributed by atoms with van der Waals surface area (Å²) in [5, 5.41) is 0. The molecule has 0 aromatic rings. The molecule has 0 rings (SSSR count). The zero-order valence-electron chi connectivity index (χ0n) is 11.1. The van der Waals surface area contributed by atoms with E-state index in [1.807, 2.05) is 11.8 Å². The van der Waals surface area contributed by atoms with E-state index >= 15 is 0 Å². The highest BCUT2D eigenvalue weighted by molar-refractivity contribution is 7.98. The molecule has 0 saturated carbocycles. The maximum atomic E-state index is 4.47. The lowest BCUT2D eigenvalue weighted by atomic mass is 9.81. The van der Waals surface area contributed by atoms with Crippen molar-refractivity contribution in [3.63, 3.8) is 0 Å². The van der Waals surface area contributed by atoms with Crippen LogP contribution in [-0.2, 0) is 0 Å². The van der Waals surface area contributed by atoms with Crippen LogP contribution >= 0.6 is 24.4 Å². The highest BCUT2D eigenvalue weighted by atomic mass is 32.2. The van der Waals surface area contributed by atoms with Gasteiger partial charge in [0.25, 0.3) is 0 Å². The summed E-state index contributed by atoms with van der Waals surface area (Å²) >= 11 is 6.39. The molecule has 0 fully saturated rings. The Morgan fingerprint density at radius 3 is 2.20 bits per heavy atom. The van der Waals surface area contributed by atoms with Crippen LogP contribution in [0.3, 0.4) is 0 Å². The molecule has 0 aliphatic rings. The van der Waals surface area contributed by atoms with Crippen molar-refractivity contribution in [2.45, 2.75) is 33.7 Å². The van der Waals surface area contributed by atoms with Crippen LogP contribution in [0, 0.1) is 11.3 Å². The minimum Gasteiger partial charge on any atom is -0.303 e. The van der Waals surface area contributed by atoms with Gasteiger partial charge in [-0.1, -0.05) is 20.8 Å². The van der Waals surface area contributed by atoms with Crippen molar-refractivity contribution in [2.75, 3.05) is 31.4 Å². The quantitative estimate of drug-likeness (QED) is 0.720.